The van der Waals surface area contributed by atoms with Crippen LogP contribution in [0.25, 0.3) is 0 Å². The largest absolute Gasteiger partial charge is 0.490 e. The fourth-order valence-electron chi connectivity index (χ4n) is 2.93. The third-order valence-electron chi connectivity index (χ3n) is 4.35. The molecule has 0 spiro atoms. The predicted octanol–water partition coefficient (Wildman–Crippen LogP) is 4.18. The molecule has 3 heteroatoms. The highest BCUT2D eigenvalue weighted by molar-refractivity contribution is 5.37. The van der Waals surface area contributed by atoms with Crippen molar-refractivity contribution >= 4 is 0 Å². The van der Waals surface area contributed by atoms with Gasteiger partial charge >= 0.3 is 0 Å². The van der Waals surface area contributed by atoms with Crippen LogP contribution in [0.3, 0.4) is 0 Å². The van der Waals surface area contributed by atoms with Crippen molar-refractivity contribution < 1.29 is 9.13 Å². The van der Waals surface area contributed by atoms with Crippen molar-refractivity contribution in [2.75, 3.05) is 13.1 Å². The average molecular weight is 293 g/mol. The Labute approximate surface area is 128 Å². The first kappa shape index (κ1) is 16.3. The Morgan fingerprint density at radius 1 is 1.38 bits per heavy atom. The molecule has 1 N–H and O–H groups in total. The molecular formula is C18H28FNO. The van der Waals surface area contributed by atoms with Crippen molar-refractivity contribution in [2.45, 2.75) is 53.1 Å². The molecule has 0 fully saturated rings. The van der Waals surface area contributed by atoms with E-state index in [-0.39, 0.29) is 17.3 Å². The van der Waals surface area contributed by atoms with Gasteiger partial charge in [0.2, 0.25) is 0 Å². The van der Waals surface area contributed by atoms with Crippen molar-refractivity contribution in [3.63, 3.8) is 0 Å². The van der Waals surface area contributed by atoms with E-state index in [9.17, 15) is 4.39 Å². The number of rotatable bonds is 6. The van der Waals surface area contributed by atoms with Gasteiger partial charge in [-0.25, -0.2) is 4.39 Å². The normalized spacial score (nSPS) is 19.2. The Hall–Kier alpha value is -1.09. The van der Waals surface area contributed by atoms with Crippen molar-refractivity contribution in [3.8, 4) is 5.75 Å². The second kappa shape index (κ2) is 6.78. The van der Waals surface area contributed by atoms with Crippen molar-refractivity contribution in [1.29, 1.82) is 0 Å². The Kier molecular flexibility index (Phi) is 5.26. The molecule has 0 saturated heterocycles. The first-order valence-corrected chi connectivity index (χ1v) is 8.06. The van der Waals surface area contributed by atoms with E-state index in [0.717, 1.165) is 43.7 Å². The molecule has 2 nitrogen and oxygen atoms in total. The van der Waals surface area contributed by atoms with E-state index in [1.165, 1.54) is 6.07 Å². The Bertz CT molecular complexity index is 467. The van der Waals surface area contributed by atoms with Gasteiger partial charge in [0, 0.05) is 12.0 Å². The summed E-state index contributed by atoms with van der Waals surface area (Å²) in [6, 6.07) is 4.84. The number of hydrogen-bond acceptors (Lipinski definition) is 2. The van der Waals surface area contributed by atoms with Gasteiger partial charge in [-0.3, -0.25) is 0 Å². The summed E-state index contributed by atoms with van der Waals surface area (Å²) in [7, 11) is 0. The standard InChI is InChI=1S/C18H28FNO/c1-5-8-20-12-14(18(2,3)4)11-16-10-13-9-15(19)6-7-17(13)21-16/h6-7,9,14,16,20H,5,8,10-12H2,1-4H3. The van der Waals surface area contributed by atoms with Crippen LogP contribution in [-0.2, 0) is 6.42 Å². The van der Waals surface area contributed by atoms with E-state index in [0.29, 0.717) is 5.92 Å². The van der Waals surface area contributed by atoms with E-state index in [1.54, 1.807) is 12.1 Å². The lowest BCUT2D eigenvalue weighted by molar-refractivity contribution is 0.134. The number of ether oxygens (including phenoxy) is 1. The van der Waals surface area contributed by atoms with E-state index in [2.05, 4.69) is 33.0 Å². The van der Waals surface area contributed by atoms with Crippen LogP contribution in [-0.4, -0.2) is 19.2 Å². The molecule has 118 valence electrons. The number of nitrogens with one attached hydrogen (secondary N) is 1. The molecule has 0 aliphatic carbocycles. The molecule has 2 rings (SSSR count). The highest BCUT2D eigenvalue weighted by atomic mass is 19.1. The number of halogens is 1. The summed E-state index contributed by atoms with van der Waals surface area (Å²) in [5, 5.41) is 3.53. The van der Waals surface area contributed by atoms with E-state index in [1.807, 2.05) is 0 Å². The molecule has 0 radical (unpaired) electrons. The fourth-order valence-corrected chi connectivity index (χ4v) is 2.93. The van der Waals surface area contributed by atoms with Gasteiger partial charge in [0.1, 0.15) is 17.7 Å². The minimum atomic E-state index is -0.171. The average Bonchev–Trinajstić information content (AvgIpc) is 2.78. The van der Waals surface area contributed by atoms with Gasteiger partial charge in [-0.05, 0) is 55.5 Å². The first-order valence-electron chi connectivity index (χ1n) is 8.06. The van der Waals surface area contributed by atoms with Crippen LogP contribution in [0, 0.1) is 17.2 Å². The van der Waals surface area contributed by atoms with Crippen LogP contribution >= 0.6 is 0 Å². The van der Waals surface area contributed by atoms with Crippen LogP contribution < -0.4 is 10.1 Å². The maximum atomic E-state index is 13.3. The van der Waals surface area contributed by atoms with Gasteiger partial charge < -0.3 is 10.1 Å². The SMILES string of the molecule is CCCNCC(CC1Cc2cc(F)ccc2O1)C(C)(C)C. The lowest BCUT2D eigenvalue weighted by Gasteiger charge is -2.32. The summed E-state index contributed by atoms with van der Waals surface area (Å²) in [5.41, 5.74) is 1.25. The highest BCUT2D eigenvalue weighted by Gasteiger charge is 2.31. The van der Waals surface area contributed by atoms with Crippen molar-refractivity contribution in [3.05, 3.63) is 29.6 Å². The minimum Gasteiger partial charge on any atom is -0.490 e. The molecule has 0 bridgehead atoms. The van der Waals surface area contributed by atoms with E-state index < -0.39 is 0 Å². The van der Waals surface area contributed by atoms with Gasteiger partial charge in [-0.1, -0.05) is 27.7 Å². The molecular weight excluding hydrogens is 265 g/mol. The maximum absolute atomic E-state index is 13.3. The molecule has 2 atom stereocenters. The third kappa shape index (κ3) is 4.44. The Morgan fingerprint density at radius 2 is 2.14 bits per heavy atom. The lowest BCUT2D eigenvalue weighted by atomic mass is 9.77. The zero-order valence-electron chi connectivity index (χ0n) is 13.7. The summed E-state index contributed by atoms with van der Waals surface area (Å²) in [6.07, 6.45) is 3.17. The second-order valence-electron chi connectivity index (χ2n) is 7.20. The molecule has 0 amide bonds. The fraction of sp³-hybridized carbons (Fsp3) is 0.667. The zero-order chi connectivity index (χ0) is 15.5. The lowest BCUT2D eigenvalue weighted by Crippen LogP contribution is -2.35. The topological polar surface area (TPSA) is 21.3 Å². The summed E-state index contributed by atoms with van der Waals surface area (Å²) < 4.78 is 19.3. The molecule has 2 unspecified atom stereocenters. The monoisotopic (exact) mass is 293 g/mol. The third-order valence-corrected chi connectivity index (χ3v) is 4.35. The van der Waals surface area contributed by atoms with Crippen molar-refractivity contribution in [1.82, 2.24) is 5.32 Å². The first-order chi connectivity index (χ1) is 9.90. The highest BCUT2D eigenvalue weighted by Crippen LogP contribution is 2.36. The van der Waals surface area contributed by atoms with Gasteiger partial charge in [-0.15, -0.1) is 0 Å². The molecule has 0 saturated carbocycles. The van der Waals surface area contributed by atoms with Crippen molar-refractivity contribution in [2.24, 2.45) is 11.3 Å². The van der Waals surface area contributed by atoms with Gasteiger partial charge in [0.15, 0.2) is 0 Å². The molecule has 1 heterocycles. The number of hydrogen-bond donors (Lipinski definition) is 1. The molecule has 0 aromatic heterocycles. The van der Waals surface area contributed by atoms with E-state index >= 15 is 0 Å². The Morgan fingerprint density at radius 3 is 2.81 bits per heavy atom. The van der Waals surface area contributed by atoms with Crippen LogP contribution in [0.4, 0.5) is 4.39 Å². The number of benzene rings is 1. The molecule has 1 aromatic carbocycles. The summed E-state index contributed by atoms with van der Waals surface area (Å²) in [6.45, 7) is 11.1. The molecule has 21 heavy (non-hydrogen) atoms. The predicted molar refractivity (Wildman–Crippen MR) is 85.2 cm³/mol. The molecule has 1 aliphatic rings. The molecule has 1 aliphatic heterocycles. The summed E-state index contributed by atoms with van der Waals surface area (Å²) >= 11 is 0. The maximum Gasteiger partial charge on any atom is 0.123 e. The number of fused-ring (bicyclic) bond motifs is 1. The summed E-state index contributed by atoms with van der Waals surface area (Å²) in [5.74, 6) is 1.23. The molecule has 1 aromatic rings. The van der Waals surface area contributed by atoms with E-state index in [4.69, 9.17) is 4.74 Å². The Balaban J connectivity index is 1.96. The van der Waals surface area contributed by atoms with Gasteiger partial charge in [-0.2, -0.15) is 0 Å². The van der Waals surface area contributed by atoms with Crippen LogP contribution in [0.2, 0.25) is 0 Å². The zero-order valence-corrected chi connectivity index (χ0v) is 13.7. The minimum absolute atomic E-state index is 0.171. The van der Waals surface area contributed by atoms with Crippen LogP contribution in [0.15, 0.2) is 18.2 Å². The van der Waals surface area contributed by atoms with Crippen LogP contribution in [0.1, 0.15) is 46.1 Å². The van der Waals surface area contributed by atoms with Gasteiger partial charge in [0.25, 0.3) is 0 Å². The quantitative estimate of drug-likeness (QED) is 0.794. The van der Waals surface area contributed by atoms with Gasteiger partial charge in [0.05, 0.1) is 0 Å². The summed E-state index contributed by atoms with van der Waals surface area (Å²) in [4.78, 5) is 0. The smallest absolute Gasteiger partial charge is 0.123 e. The second-order valence-corrected chi connectivity index (χ2v) is 7.20. The van der Waals surface area contributed by atoms with Crippen LogP contribution in [0.5, 0.6) is 5.75 Å².